The minimum Gasteiger partial charge on any atom is -0.340 e. The Bertz CT molecular complexity index is 408. The van der Waals surface area contributed by atoms with Gasteiger partial charge in [-0.05, 0) is 17.9 Å². The van der Waals surface area contributed by atoms with Crippen LogP contribution in [0.15, 0.2) is 30.3 Å². The van der Waals surface area contributed by atoms with Crippen LogP contribution in [0, 0.1) is 5.92 Å². The lowest BCUT2D eigenvalue weighted by Gasteiger charge is -2.35. The topological polar surface area (TPSA) is 23.6 Å². The van der Waals surface area contributed by atoms with Crippen molar-refractivity contribution in [1.29, 1.82) is 0 Å². The fourth-order valence-electron chi connectivity index (χ4n) is 2.75. The highest BCUT2D eigenvalue weighted by molar-refractivity contribution is 5.76. The molecule has 20 heavy (non-hydrogen) atoms. The van der Waals surface area contributed by atoms with Crippen molar-refractivity contribution in [3.8, 4) is 0 Å². The molecule has 0 aromatic heterocycles. The Morgan fingerprint density at radius 1 is 1.10 bits per heavy atom. The van der Waals surface area contributed by atoms with Gasteiger partial charge in [0.25, 0.3) is 0 Å². The predicted molar refractivity (Wildman–Crippen MR) is 82.6 cm³/mol. The highest BCUT2D eigenvalue weighted by Gasteiger charge is 2.20. The van der Waals surface area contributed by atoms with Crippen molar-refractivity contribution in [3.05, 3.63) is 35.9 Å². The number of rotatable bonds is 5. The molecule has 1 amide bonds. The molecule has 0 saturated carbocycles. The van der Waals surface area contributed by atoms with E-state index in [1.54, 1.807) is 0 Å². The van der Waals surface area contributed by atoms with Crippen LogP contribution in [0.1, 0.15) is 25.8 Å². The number of piperazine rings is 1. The lowest BCUT2D eigenvalue weighted by atomic mass is 10.1. The molecular weight excluding hydrogens is 248 g/mol. The maximum atomic E-state index is 12.2. The molecule has 0 spiro atoms. The molecule has 1 aliphatic rings. The molecule has 0 radical (unpaired) electrons. The lowest BCUT2D eigenvalue weighted by Crippen LogP contribution is -2.49. The zero-order valence-electron chi connectivity index (χ0n) is 12.7. The van der Waals surface area contributed by atoms with Gasteiger partial charge in [-0.1, -0.05) is 44.2 Å². The van der Waals surface area contributed by atoms with Gasteiger partial charge in [-0.3, -0.25) is 9.69 Å². The van der Waals surface area contributed by atoms with Crippen molar-refractivity contribution in [2.75, 3.05) is 32.7 Å². The normalized spacial score (nSPS) is 16.6. The summed E-state index contributed by atoms with van der Waals surface area (Å²) < 4.78 is 0. The molecular formula is C17H26N2O. The van der Waals surface area contributed by atoms with Crippen molar-refractivity contribution in [2.45, 2.75) is 26.7 Å². The minimum atomic E-state index is 0.304. The third-order valence-corrected chi connectivity index (χ3v) is 3.82. The Labute approximate surface area is 122 Å². The van der Waals surface area contributed by atoms with Crippen LogP contribution in [-0.2, 0) is 11.2 Å². The number of carbonyl (C=O) groups excluding carboxylic acids is 1. The lowest BCUT2D eigenvalue weighted by molar-refractivity contribution is -0.132. The van der Waals surface area contributed by atoms with E-state index in [4.69, 9.17) is 0 Å². The number of aryl methyl sites for hydroxylation is 1. The van der Waals surface area contributed by atoms with E-state index in [2.05, 4.69) is 30.9 Å². The summed E-state index contributed by atoms with van der Waals surface area (Å²) in [6.45, 7) is 9.46. The van der Waals surface area contributed by atoms with E-state index in [1.807, 2.05) is 23.1 Å². The van der Waals surface area contributed by atoms with Gasteiger partial charge in [0.05, 0.1) is 0 Å². The van der Waals surface area contributed by atoms with Crippen molar-refractivity contribution >= 4 is 5.91 Å². The fraction of sp³-hybridized carbons (Fsp3) is 0.588. The number of nitrogens with zero attached hydrogens (tertiary/aromatic N) is 2. The Kier molecular flexibility index (Phi) is 5.60. The second-order valence-corrected chi connectivity index (χ2v) is 6.06. The van der Waals surface area contributed by atoms with E-state index >= 15 is 0 Å². The van der Waals surface area contributed by atoms with E-state index in [-0.39, 0.29) is 0 Å². The summed E-state index contributed by atoms with van der Waals surface area (Å²) in [6.07, 6.45) is 1.49. The molecule has 0 bridgehead atoms. The summed E-state index contributed by atoms with van der Waals surface area (Å²) >= 11 is 0. The van der Waals surface area contributed by atoms with Gasteiger partial charge in [-0.2, -0.15) is 0 Å². The van der Waals surface area contributed by atoms with Crippen molar-refractivity contribution in [3.63, 3.8) is 0 Å². The summed E-state index contributed by atoms with van der Waals surface area (Å²) in [5, 5.41) is 0. The van der Waals surface area contributed by atoms with Gasteiger partial charge < -0.3 is 4.90 Å². The number of benzene rings is 1. The van der Waals surface area contributed by atoms with Crippen LogP contribution < -0.4 is 0 Å². The van der Waals surface area contributed by atoms with Gasteiger partial charge in [-0.25, -0.2) is 0 Å². The maximum Gasteiger partial charge on any atom is 0.222 e. The summed E-state index contributed by atoms with van der Waals surface area (Å²) in [6, 6.07) is 10.3. The Morgan fingerprint density at radius 3 is 2.35 bits per heavy atom. The molecule has 2 rings (SSSR count). The van der Waals surface area contributed by atoms with E-state index in [0.717, 1.165) is 39.1 Å². The molecule has 0 aliphatic carbocycles. The average Bonchev–Trinajstić information content (AvgIpc) is 2.46. The molecule has 1 saturated heterocycles. The van der Waals surface area contributed by atoms with E-state index < -0.39 is 0 Å². The Hall–Kier alpha value is -1.35. The summed E-state index contributed by atoms with van der Waals surface area (Å²) in [5.74, 6) is 1.01. The Balaban J connectivity index is 1.72. The average molecular weight is 274 g/mol. The third-order valence-electron chi connectivity index (χ3n) is 3.82. The van der Waals surface area contributed by atoms with Crippen molar-refractivity contribution in [1.82, 2.24) is 9.80 Å². The van der Waals surface area contributed by atoms with Crippen LogP contribution in [0.2, 0.25) is 0 Å². The molecule has 3 heteroatoms. The van der Waals surface area contributed by atoms with Crippen molar-refractivity contribution in [2.24, 2.45) is 5.92 Å². The highest BCUT2D eigenvalue weighted by Crippen LogP contribution is 2.09. The molecule has 1 fully saturated rings. The Morgan fingerprint density at radius 2 is 1.75 bits per heavy atom. The number of amides is 1. The first-order valence-corrected chi connectivity index (χ1v) is 7.69. The standard InChI is InChI=1S/C17H26N2O/c1-15(2)14-18-10-12-19(13-11-18)17(20)9-8-16-6-4-3-5-7-16/h3-7,15H,8-14H2,1-2H3. The van der Waals surface area contributed by atoms with Crippen LogP contribution >= 0.6 is 0 Å². The smallest absolute Gasteiger partial charge is 0.222 e. The third kappa shape index (κ3) is 4.64. The van der Waals surface area contributed by atoms with Gasteiger partial charge in [0.2, 0.25) is 5.91 Å². The van der Waals surface area contributed by atoms with Crippen LogP contribution in [-0.4, -0.2) is 48.4 Å². The molecule has 0 unspecified atom stereocenters. The van der Waals surface area contributed by atoms with E-state index in [9.17, 15) is 4.79 Å². The molecule has 110 valence electrons. The van der Waals surface area contributed by atoms with E-state index in [1.165, 1.54) is 5.56 Å². The molecule has 1 aromatic rings. The zero-order chi connectivity index (χ0) is 14.4. The molecule has 1 aliphatic heterocycles. The predicted octanol–water partition coefficient (Wildman–Crippen LogP) is 2.42. The van der Waals surface area contributed by atoms with Gasteiger partial charge in [0, 0.05) is 39.1 Å². The first-order valence-electron chi connectivity index (χ1n) is 7.69. The fourth-order valence-corrected chi connectivity index (χ4v) is 2.75. The van der Waals surface area contributed by atoms with Crippen LogP contribution in [0.5, 0.6) is 0 Å². The second-order valence-electron chi connectivity index (χ2n) is 6.06. The molecule has 1 aromatic carbocycles. The minimum absolute atomic E-state index is 0.304. The van der Waals surface area contributed by atoms with Gasteiger partial charge in [0.15, 0.2) is 0 Å². The van der Waals surface area contributed by atoms with Gasteiger partial charge >= 0.3 is 0 Å². The van der Waals surface area contributed by atoms with Crippen LogP contribution in [0.3, 0.4) is 0 Å². The van der Waals surface area contributed by atoms with Gasteiger partial charge in [0.1, 0.15) is 0 Å². The quantitative estimate of drug-likeness (QED) is 0.823. The van der Waals surface area contributed by atoms with Gasteiger partial charge in [-0.15, -0.1) is 0 Å². The monoisotopic (exact) mass is 274 g/mol. The molecule has 3 nitrogen and oxygen atoms in total. The molecule has 1 heterocycles. The van der Waals surface area contributed by atoms with E-state index in [0.29, 0.717) is 18.2 Å². The summed E-state index contributed by atoms with van der Waals surface area (Å²) in [4.78, 5) is 16.7. The molecule has 0 atom stereocenters. The number of hydrogen-bond donors (Lipinski definition) is 0. The number of hydrogen-bond acceptors (Lipinski definition) is 2. The second kappa shape index (κ2) is 7.44. The molecule has 0 N–H and O–H groups in total. The first-order chi connectivity index (χ1) is 9.65. The summed E-state index contributed by atoms with van der Waals surface area (Å²) in [5.41, 5.74) is 1.25. The van der Waals surface area contributed by atoms with Crippen molar-refractivity contribution < 1.29 is 4.79 Å². The van der Waals surface area contributed by atoms with Crippen LogP contribution in [0.4, 0.5) is 0 Å². The number of carbonyl (C=O) groups is 1. The first kappa shape index (κ1) is 15.0. The SMILES string of the molecule is CC(C)CN1CCN(C(=O)CCc2ccccc2)CC1. The summed E-state index contributed by atoms with van der Waals surface area (Å²) in [7, 11) is 0. The highest BCUT2D eigenvalue weighted by atomic mass is 16.2. The maximum absolute atomic E-state index is 12.2. The van der Waals surface area contributed by atoms with Crippen LogP contribution in [0.25, 0.3) is 0 Å². The largest absolute Gasteiger partial charge is 0.340 e. The zero-order valence-corrected chi connectivity index (χ0v) is 12.7.